The van der Waals surface area contributed by atoms with Crippen LogP contribution in [0.25, 0.3) is 11.0 Å². The molecule has 0 radical (unpaired) electrons. The molecule has 1 saturated carbocycles. The highest BCUT2D eigenvalue weighted by Crippen LogP contribution is 2.35. The number of fused-ring (bicyclic) bond motifs is 1. The van der Waals surface area contributed by atoms with E-state index >= 15 is 0 Å². The van der Waals surface area contributed by atoms with E-state index in [2.05, 4.69) is 15.3 Å². The molecule has 9 nitrogen and oxygen atoms in total. The lowest BCUT2D eigenvalue weighted by Gasteiger charge is -2.19. The number of hydrogen-bond donors (Lipinski definition) is 1. The topological polar surface area (TPSA) is 96.3 Å². The second-order valence-electron chi connectivity index (χ2n) is 9.17. The number of anilines is 1. The third kappa shape index (κ3) is 4.15. The van der Waals surface area contributed by atoms with Gasteiger partial charge in [-0.2, -0.15) is 0 Å². The third-order valence-corrected chi connectivity index (χ3v) is 6.55. The number of nitrogens with zero attached hydrogens (tertiary/aromatic N) is 6. The smallest absolute Gasteiger partial charge is 0.255 e. The van der Waals surface area contributed by atoms with Gasteiger partial charge >= 0.3 is 0 Å². The summed E-state index contributed by atoms with van der Waals surface area (Å²) in [6.45, 7) is 1.61. The van der Waals surface area contributed by atoms with Crippen molar-refractivity contribution in [2.45, 2.75) is 31.7 Å². The molecule has 1 aromatic carbocycles. The van der Waals surface area contributed by atoms with Gasteiger partial charge in [-0.05, 0) is 31.4 Å². The van der Waals surface area contributed by atoms with Crippen LogP contribution in [0.1, 0.15) is 47.1 Å². The maximum absolute atomic E-state index is 13.2. The van der Waals surface area contributed by atoms with Gasteiger partial charge < -0.3 is 19.7 Å². The number of imidazole rings is 1. The minimum Gasteiger partial charge on any atom is -0.347 e. The maximum atomic E-state index is 13.2. The molecule has 1 aliphatic heterocycles. The average molecular weight is 448 g/mol. The van der Waals surface area contributed by atoms with Crippen molar-refractivity contribution in [3.63, 3.8) is 0 Å². The van der Waals surface area contributed by atoms with Crippen molar-refractivity contribution in [3.05, 3.63) is 47.5 Å². The molecule has 3 aromatic rings. The second kappa shape index (κ2) is 8.46. The van der Waals surface area contributed by atoms with Crippen molar-refractivity contribution in [2.75, 3.05) is 32.1 Å². The van der Waals surface area contributed by atoms with Crippen LogP contribution in [-0.4, -0.2) is 63.4 Å². The molecule has 1 saturated heterocycles. The summed E-state index contributed by atoms with van der Waals surface area (Å²) in [7, 11) is 5.70. The number of carbonyl (C=O) groups is 2. The molecule has 3 heterocycles. The fourth-order valence-corrected chi connectivity index (χ4v) is 4.47. The maximum Gasteiger partial charge on any atom is 0.255 e. The lowest BCUT2D eigenvalue weighted by molar-refractivity contribution is -0.131. The van der Waals surface area contributed by atoms with Crippen molar-refractivity contribution in [2.24, 2.45) is 13.0 Å². The van der Waals surface area contributed by atoms with Crippen molar-refractivity contribution >= 4 is 28.8 Å². The highest BCUT2D eigenvalue weighted by molar-refractivity contribution is 5.95. The van der Waals surface area contributed by atoms with Gasteiger partial charge in [0.1, 0.15) is 5.82 Å². The van der Waals surface area contributed by atoms with Gasteiger partial charge in [-0.1, -0.05) is 12.1 Å². The molecule has 1 aliphatic carbocycles. The Morgan fingerprint density at radius 2 is 1.94 bits per heavy atom. The number of aryl methyl sites for hydroxylation is 1. The summed E-state index contributed by atoms with van der Waals surface area (Å²) in [4.78, 5) is 43.3. The van der Waals surface area contributed by atoms with E-state index in [0.29, 0.717) is 36.8 Å². The number of hydrogen-bond acceptors (Lipinski definition) is 6. The van der Waals surface area contributed by atoms with Gasteiger partial charge in [-0.3, -0.25) is 9.59 Å². The minimum absolute atomic E-state index is 0.0194. The van der Waals surface area contributed by atoms with Crippen molar-refractivity contribution in [3.8, 4) is 0 Å². The fraction of sp³-hybridized carbons (Fsp3) is 0.458. The number of aromatic nitrogens is 4. The van der Waals surface area contributed by atoms with E-state index in [4.69, 9.17) is 4.98 Å². The van der Waals surface area contributed by atoms with E-state index in [1.807, 2.05) is 59.8 Å². The van der Waals surface area contributed by atoms with Crippen LogP contribution < -0.4 is 10.2 Å². The Balaban J connectivity index is 1.37. The Kier molecular flexibility index (Phi) is 5.47. The number of carbonyl (C=O) groups excluding carboxylic acids is 2. The zero-order valence-electron chi connectivity index (χ0n) is 19.3. The average Bonchev–Trinajstić information content (AvgIpc) is 3.47. The summed E-state index contributed by atoms with van der Waals surface area (Å²) in [5.41, 5.74) is 3.09. The SMILES string of the molecule is CN(C)c1ncc(C(=O)NCc2nc3ccccc3n2C)c(C2CCN(C(=O)C3CC3)C2)n1. The zero-order valence-corrected chi connectivity index (χ0v) is 19.3. The van der Waals surface area contributed by atoms with E-state index in [9.17, 15) is 9.59 Å². The minimum atomic E-state index is -0.227. The van der Waals surface area contributed by atoms with Gasteiger partial charge in [0.15, 0.2) is 0 Å². The summed E-state index contributed by atoms with van der Waals surface area (Å²) in [5, 5.41) is 3.00. The Bertz CT molecular complexity index is 1210. The summed E-state index contributed by atoms with van der Waals surface area (Å²) in [6.07, 6.45) is 4.39. The zero-order chi connectivity index (χ0) is 23.1. The van der Waals surface area contributed by atoms with Crippen LogP contribution in [0.4, 0.5) is 5.95 Å². The van der Waals surface area contributed by atoms with Crippen molar-refractivity contribution < 1.29 is 9.59 Å². The molecule has 0 spiro atoms. The van der Waals surface area contributed by atoms with Crippen molar-refractivity contribution in [1.29, 1.82) is 0 Å². The predicted molar refractivity (Wildman–Crippen MR) is 125 cm³/mol. The first-order valence-corrected chi connectivity index (χ1v) is 11.4. The normalized spacial score (nSPS) is 18.0. The molecule has 9 heteroatoms. The molecule has 1 N–H and O–H groups in total. The number of amides is 2. The van der Waals surface area contributed by atoms with Crippen LogP contribution in [0.5, 0.6) is 0 Å². The Morgan fingerprint density at radius 1 is 1.15 bits per heavy atom. The van der Waals surface area contributed by atoms with Crippen LogP contribution in [-0.2, 0) is 18.4 Å². The molecule has 1 atom stereocenters. The molecule has 2 fully saturated rings. The number of likely N-dealkylation sites (tertiary alicyclic amines) is 1. The molecule has 2 amide bonds. The first-order chi connectivity index (χ1) is 15.9. The molecular weight excluding hydrogens is 418 g/mol. The highest BCUT2D eigenvalue weighted by Gasteiger charge is 2.38. The van der Waals surface area contributed by atoms with Gasteiger partial charge in [0.25, 0.3) is 5.91 Å². The first kappa shape index (κ1) is 21.4. The van der Waals surface area contributed by atoms with E-state index < -0.39 is 0 Å². The molecule has 172 valence electrons. The lowest BCUT2D eigenvalue weighted by atomic mass is 9.99. The van der Waals surface area contributed by atoms with E-state index in [1.54, 1.807) is 6.20 Å². The largest absolute Gasteiger partial charge is 0.347 e. The fourth-order valence-electron chi connectivity index (χ4n) is 4.47. The second-order valence-corrected chi connectivity index (χ2v) is 9.17. The van der Waals surface area contributed by atoms with Gasteiger partial charge in [-0.25, -0.2) is 15.0 Å². The molecule has 33 heavy (non-hydrogen) atoms. The summed E-state index contributed by atoms with van der Waals surface area (Å²) in [5.74, 6) is 1.57. The number of para-hydroxylation sites is 2. The summed E-state index contributed by atoms with van der Waals surface area (Å²) < 4.78 is 1.99. The molecule has 2 aliphatic rings. The van der Waals surface area contributed by atoms with Crippen LogP contribution in [0.15, 0.2) is 30.5 Å². The van der Waals surface area contributed by atoms with Crippen LogP contribution in [0.2, 0.25) is 0 Å². The van der Waals surface area contributed by atoms with Gasteiger partial charge in [-0.15, -0.1) is 0 Å². The van der Waals surface area contributed by atoms with Crippen LogP contribution >= 0.6 is 0 Å². The monoisotopic (exact) mass is 447 g/mol. The van der Waals surface area contributed by atoms with E-state index in [-0.39, 0.29) is 23.7 Å². The molecule has 1 unspecified atom stereocenters. The standard InChI is InChI=1S/C24H29N7O2/c1-29(2)24-26-12-17(21(28-24)16-10-11-31(14-16)23(33)15-8-9-15)22(32)25-13-20-27-18-6-4-5-7-19(18)30(20)3/h4-7,12,15-16H,8-11,13-14H2,1-3H3,(H,25,32). The highest BCUT2D eigenvalue weighted by atomic mass is 16.2. The molecule has 2 aromatic heterocycles. The Hall–Kier alpha value is -3.49. The first-order valence-electron chi connectivity index (χ1n) is 11.4. The van der Waals surface area contributed by atoms with Gasteiger partial charge in [0.2, 0.25) is 11.9 Å². The number of benzene rings is 1. The number of nitrogens with one attached hydrogen (secondary N) is 1. The van der Waals surface area contributed by atoms with Crippen LogP contribution in [0, 0.1) is 5.92 Å². The molecular formula is C24H29N7O2. The number of rotatable bonds is 6. The summed E-state index contributed by atoms with van der Waals surface area (Å²) >= 11 is 0. The van der Waals surface area contributed by atoms with Crippen molar-refractivity contribution in [1.82, 2.24) is 29.7 Å². The summed E-state index contributed by atoms with van der Waals surface area (Å²) in [6, 6.07) is 7.89. The van der Waals surface area contributed by atoms with E-state index in [1.165, 1.54) is 0 Å². The third-order valence-electron chi connectivity index (χ3n) is 6.55. The quantitative estimate of drug-likeness (QED) is 0.622. The molecule has 5 rings (SSSR count). The van der Waals surface area contributed by atoms with E-state index in [0.717, 1.165) is 36.1 Å². The Labute approximate surface area is 192 Å². The lowest BCUT2D eigenvalue weighted by Crippen LogP contribution is -2.31. The van der Waals surface area contributed by atoms with Gasteiger partial charge in [0, 0.05) is 52.3 Å². The Morgan fingerprint density at radius 3 is 2.67 bits per heavy atom. The van der Waals surface area contributed by atoms with Gasteiger partial charge in [0.05, 0.1) is 28.8 Å². The van der Waals surface area contributed by atoms with Crippen LogP contribution in [0.3, 0.4) is 0 Å². The predicted octanol–water partition coefficient (Wildman–Crippen LogP) is 2.09. The molecule has 0 bridgehead atoms.